The summed E-state index contributed by atoms with van der Waals surface area (Å²) in [5.74, 6) is 0.789. The van der Waals surface area contributed by atoms with E-state index in [2.05, 4.69) is 30.9 Å². The van der Waals surface area contributed by atoms with E-state index in [1.54, 1.807) is 0 Å². The second kappa shape index (κ2) is 4.23. The predicted octanol–water partition coefficient (Wildman–Crippen LogP) is 2.63. The normalized spacial score (nSPS) is 17.7. The van der Waals surface area contributed by atoms with Crippen molar-refractivity contribution in [3.05, 3.63) is 29.3 Å². The predicted molar refractivity (Wildman–Crippen MR) is 64.4 cm³/mol. The van der Waals surface area contributed by atoms with Crippen LogP contribution < -0.4 is 5.73 Å². The molecular weight excluding hydrogens is 184 g/mol. The number of nitrogen functional groups attached to an aromatic ring is 1. The van der Waals surface area contributed by atoms with E-state index in [0.29, 0.717) is 0 Å². The van der Waals surface area contributed by atoms with Gasteiger partial charge in [0.25, 0.3) is 0 Å². The lowest BCUT2D eigenvalue weighted by Crippen LogP contribution is -2.22. The summed E-state index contributed by atoms with van der Waals surface area (Å²) in [6, 6.07) is 6.29. The molecule has 0 spiro atoms. The molecule has 2 N–H and O–H groups in total. The van der Waals surface area contributed by atoms with Crippen LogP contribution in [0.2, 0.25) is 0 Å². The molecule has 2 rings (SSSR count). The minimum atomic E-state index is 0.789. The summed E-state index contributed by atoms with van der Waals surface area (Å²) in [5, 5.41) is 0. The van der Waals surface area contributed by atoms with Crippen LogP contribution in [0.25, 0.3) is 0 Å². The van der Waals surface area contributed by atoms with E-state index in [1.165, 1.54) is 24.1 Å². The smallest absolute Gasteiger partial charge is 0.0317 e. The Labute approximate surface area is 92.1 Å². The van der Waals surface area contributed by atoms with Crippen LogP contribution in [-0.2, 0) is 13.1 Å². The maximum atomic E-state index is 5.79. The number of anilines is 1. The quantitative estimate of drug-likeness (QED) is 0.767. The molecule has 82 valence electrons. The summed E-state index contributed by atoms with van der Waals surface area (Å²) in [4.78, 5) is 2.51. The number of benzene rings is 1. The zero-order valence-corrected chi connectivity index (χ0v) is 9.66. The molecule has 1 atom stereocenters. The second-order valence-electron chi connectivity index (χ2n) is 4.71. The van der Waals surface area contributed by atoms with Gasteiger partial charge in [-0.25, -0.2) is 0 Å². The molecule has 0 saturated heterocycles. The standard InChI is InChI=1S/C13H20N2/c1-3-10(2)7-15-8-11-4-5-13(14)6-12(11)9-15/h4-6,10H,3,7-9,14H2,1-2H3. The molecule has 0 fully saturated rings. The molecule has 0 aliphatic carbocycles. The molecule has 1 aromatic rings. The van der Waals surface area contributed by atoms with Crippen LogP contribution in [0.1, 0.15) is 31.4 Å². The van der Waals surface area contributed by atoms with Crippen LogP contribution in [0.4, 0.5) is 5.69 Å². The fraction of sp³-hybridized carbons (Fsp3) is 0.538. The Morgan fingerprint density at radius 3 is 2.80 bits per heavy atom. The van der Waals surface area contributed by atoms with Crippen molar-refractivity contribution in [3.8, 4) is 0 Å². The zero-order chi connectivity index (χ0) is 10.8. The molecule has 0 saturated carbocycles. The first-order valence-corrected chi connectivity index (χ1v) is 5.78. The number of hydrogen-bond donors (Lipinski definition) is 1. The summed E-state index contributed by atoms with van der Waals surface area (Å²) >= 11 is 0. The average molecular weight is 204 g/mol. The van der Waals surface area contributed by atoms with Crippen molar-refractivity contribution in [2.45, 2.75) is 33.4 Å². The maximum absolute atomic E-state index is 5.79. The highest BCUT2D eigenvalue weighted by Gasteiger charge is 2.19. The monoisotopic (exact) mass is 204 g/mol. The summed E-state index contributed by atoms with van der Waals surface area (Å²) in [7, 11) is 0. The number of nitrogens with zero attached hydrogens (tertiary/aromatic N) is 1. The molecule has 2 nitrogen and oxygen atoms in total. The summed E-state index contributed by atoms with van der Waals surface area (Å²) < 4.78 is 0. The van der Waals surface area contributed by atoms with Crippen LogP contribution in [-0.4, -0.2) is 11.4 Å². The van der Waals surface area contributed by atoms with E-state index in [4.69, 9.17) is 5.73 Å². The molecule has 1 unspecified atom stereocenters. The van der Waals surface area contributed by atoms with Crippen molar-refractivity contribution in [1.29, 1.82) is 0 Å². The van der Waals surface area contributed by atoms with E-state index in [0.717, 1.165) is 24.7 Å². The highest BCUT2D eigenvalue weighted by molar-refractivity contribution is 5.46. The third kappa shape index (κ3) is 2.32. The van der Waals surface area contributed by atoms with Crippen molar-refractivity contribution in [1.82, 2.24) is 4.90 Å². The molecule has 0 bridgehead atoms. The Morgan fingerprint density at radius 2 is 2.07 bits per heavy atom. The highest BCUT2D eigenvalue weighted by atomic mass is 15.1. The van der Waals surface area contributed by atoms with Gasteiger partial charge in [-0.05, 0) is 29.2 Å². The summed E-state index contributed by atoms with van der Waals surface area (Å²) in [6.07, 6.45) is 1.26. The van der Waals surface area contributed by atoms with E-state index in [1.807, 2.05) is 6.07 Å². The van der Waals surface area contributed by atoms with Gasteiger partial charge in [0.05, 0.1) is 0 Å². The molecule has 1 aliphatic rings. The van der Waals surface area contributed by atoms with Crippen LogP contribution in [0.5, 0.6) is 0 Å². The fourth-order valence-electron chi connectivity index (χ4n) is 2.18. The van der Waals surface area contributed by atoms with Crippen LogP contribution in [0.15, 0.2) is 18.2 Å². The lowest BCUT2D eigenvalue weighted by molar-refractivity contribution is 0.240. The third-order valence-corrected chi connectivity index (χ3v) is 3.29. The fourth-order valence-corrected chi connectivity index (χ4v) is 2.18. The number of hydrogen-bond acceptors (Lipinski definition) is 2. The lowest BCUT2D eigenvalue weighted by atomic mass is 10.1. The largest absolute Gasteiger partial charge is 0.399 e. The lowest BCUT2D eigenvalue weighted by Gasteiger charge is -2.18. The van der Waals surface area contributed by atoms with Gasteiger partial charge in [0.1, 0.15) is 0 Å². The molecule has 1 heterocycles. The third-order valence-electron chi connectivity index (χ3n) is 3.29. The summed E-state index contributed by atoms with van der Waals surface area (Å²) in [6.45, 7) is 7.94. The van der Waals surface area contributed by atoms with Crippen LogP contribution in [0.3, 0.4) is 0 Å². The van der Waals surface area contributed by atoms with Crippen molar-refractivity contribution in [2.75, 3.05) is 12.3 Å². The SMILES string of the molecule is CCC(C)CN1Cc2ccc(N)cc2C1. The molecule has 0 amide bonds. The number of rotatable bonds is 3. The van der Waals surface area contributed by atoms with Crippen molar-refractivity contribution in [2.24, 2.45) is 5.92 Å². The zero-order valence-electron chi connectivity index (χ0n) is 9.66. The van der Waals surface area contributed by atoms with E-state index in [9.17, 15) is 0 Å². The first-order chi connectivity index (χ1) is 7.19. The van der Waals surface area contributed by atoms with Crippen molar-refractivity contribution in [3.63, 3.8) is 0 Å². The molecule has 15 heavy (non-hydrogen) atoms. The van der Waals surface area contributed by atoms with E-state index < -0.39 is 0 Å². The first kappa shape index (κ1) is 10.5. The van der Waals surface area contributed by atoms with E-state index in [-0.39, 0.29) is 0 Å². The molecule has 2 heteroatoms. The Balaban J connectivity index is 2.03. The van der Waals surface area contributed by atoms with Crippen LogP contribution >= 0.6 is 0 Å². The van der Waals surface area contributed by atoms with Gasteiger partial charge in [-0.3, -0.25) is 4.90 Å². The van der Waals surface area contributed by atoms with Crippen LogP contribution in [0, 0.1) is 5.92 Å². The Bertz CT molecular complexity index is 346. The second-order valence-corrected chi connectivity index (χ2v) is 4.71. The highest BCUT2D eigenvalue weighted by Crippen LogP contribution is 2.25. The Hall–Kier alpha value is -1.02. The molecular formula is C13H20N2. The van der Waals surface area contributed by atoms with E-state index >= 15 is 0 Å². The number of nitrogens with two attached hydrogens (primary N) is 1. The van der Waals surface area contributed by atoms with Crippen molar-refractivity contribution >= 4 is 5.69 Å². The summed E-state index contributed by atoms with van der Waals surface area (Å²) in [5.41, 5.74) is 9.54. The van der Waals surface area contributed by atoms with Gasteiger partial charge in [-0.2, -0.15) is 0 Å². The van der Waals surface area contributed by atoms with Gasteiger partial charge in [0.15, 0.2) is 0 Å². The van der Waals surface area contributed by atoms with Gasteiger partial charge in [-0.1, -0.05) is 26.3 Å². The molecule has 1 aromatic carbocycles. The minimum Gasteiger partial charge on any atom is -0.399 e. The van der Waals surface area contributed by atoms with Gasteiger partial charge in [0, 0.05) is 25.3 Å². The molecule has 1 aliphatic heterocycles. The van der Waals surface area contributed by atoms with Gasteiger partial charge < -0.3 is 5.73 Å². The molecule has 0 aromatic heterocycles. The van der Waals surface area contributed by atoms with Crippen molar-refractivity contribution < 1.29 is 0 Å². The number of fused-ring (bicyclic) bond motifs is 1. The average Bonchev–Trinajstić information content (AvgIpc) is 2.59. The Morgan fingerprint density at radius 1 is 1.33 bits per heavy atom. The van der Waals surface area contributed by atoms with Gasteiger partial charge >= 0.3 is 0 Å². The van der Waals surface area contributed by atoms with Gasteiger partial charge in [-0.15, -0.1) is 0 Å². The molecule has 0 radical (unpaired) electrons. The topological polar surface area (TPSA) is 29.3 Å². The minimum absolute atomic E-state index is 0.789. The first-order valence-electron chi connectivity index (χ1n) is 5.78. The van der Waals surface area contributed by atoms with Gasteiger partial charge in [0.2, 0.25) is 0 Å². The Kier molecular flexibility index (Phi) is 2.96. The maximum Gasteiger partial charge on any atom is 0.0317 e.